The molecule has 0 radical (unpaired) electrons. The number of aromatic nitrogens is 4. The number of rotatable bonds is 6. The highest BCUT2D eigenvalue weighted by molar-refractivity contribution is 7.16. The summed E-state index contributed by atoms with van der Waals surface area (Å²) in [6, 6.07) is 0. The van der Waals surface area contributed by atoms with E-state index in [0.717, 1.165) is 31.9 Å². The first-order valence-corrected chi connectivity index (χ1v) is 10.0. The molecule has 23 heavy (non-hydrogen) atoms. The molecule has 116 valence electrons. The maximum absolute atomic E-state index is 4.56. The van der Waals surface area contributed by atoms with E-state index in [-0.39, 0.29) is 0 Å². The average Bonchev–Trinajstić information content (AvgIpc) is 3.31. The molecule has 0 aliphatic carbocycles. The van der Waals surface area contributed by atoms with E-state index >= 15 is 0 Å². The molecule has 0 fully saturated rings. The van der Waals surface area contributed by atoms with Crippen LogP contribution >= 0.6 is 45.3 Å². The standard InChI is InChI=1S/C13H9N6S4/c1-3-20-10(14-1)18-12-16-8(6-22-12)5-9-7-23-13(17-9)19-11-15-2-4-21-11/h1-4,6-7H,5H2,(H-,14,15,16,17,18,19)/q-1. The van der Waals surface area contributed by atoms with E-state index in [0.29, 0.717) is 6.42 Å². The highest BCUT2D eigenvalue weighted by Gasteiger charge is 2.05. The van der Waals surface area contributed by atoms with Crippen molar-refractivity contribution in [1.82, 2.24) is 19.9 Å². The normalized spacial score (nSPS) is 10.8. The lowest BCUT2D eigenvalue weighted by atomic mass is 10.3. The van der Waals surface area contributed by atoms with Gasteiger partial charge in [0.2, 0.25) is 0 Å². The lowest BCUT2D eigenvalue weighted by Crippen LogP contribution is -1.91. The summed E-state index contributed by atoms with van der Waals surface area (Å²) in [6.07, 6.45) is 4.20. The fourth-order valence-corrected chi connectivity index (χ4v) is 4.34. The molecule has 0 bridgehead atoms. The maximum Gasteiger partial charge on any atom is 0.189 e. The predicted octanol–water partition coefficient (Wildman–Crippen LogP) is 5.18. The molecular weight excluding hydrogens is 368 g/mol. The Hall–Kier alpha value is -1.88. The summed E-state index contributed by atoms with van der Waals surface area (Å²) in [5, 5.41) is 18.6. The van der Waals surface area contributed by atoms with Gasteiger partial charge < -0.3 is 20.6 Å². The van der Waals surface area contributed by atoms with E-state index in [1.807, 2.05) is 21.5 Å². The molecule has 1 N–H and O–H groups in total. The SMILES string of the molecule is c1csc([N-]c2nc(Cc3csc(Nc4nccs4)n3)cs2)n1. The van der Waals surface area contributed by atoms with Gasteiger partial charge in [0.1, 0.15) is 0 Å². The van der Waals surface area contributed by atoms with Crippen LogP contribution in [-0.2, 0) is 6.42 Å². The summed E-state index contributed by atoms with van der Waals surface area (Å²) in [7, 11) is 0. The second kappa shape index (κ2) is 6.71. The summed E-state index contributed by atoms with van der Waals surface area (Å²) in [5.74, 6) is 0. The Balaban J connectivity index is 1.40. The van der Waals surface area contributed by atoms with Crippen LogP contribution in [0.2, 0.25) is 0 Å². The summed E-state index contributed by atoms with van der Waals surface area (Å²) in [4.78, 5) is 17.4. The van der Waals surface area contributed by atoms with Gasteiger partial charge in [-0.05, 0) is 22.7 Å². The van der Waals surface area contributed by atoms with Crippen molar-refractivity contribution in [1.29, 1.82) is 0 Å². The van der Waals surface area contributed by atoms with Crippen LogP contribution in [0.25, 0.3) is 5.32 Å². The van der Waals surface area contributed by atoms with Crippen LogP contribution in [0.5, 0.6) is 0 Å². The van der Waals surface area contributed by atoms with Gasteiger partial charge in [0, 0.05) is 23.4 Å². The number of nitrogens with zero attached hydrogens (tertiary/aromatic N) is 5. The molecule has 0 aliphatic heterocycles. The fraction of sp³-hybridized carbons (Fsp3) is 0.0769. The zero-order valence-corrected chi connectivity index (χ0v) is 14.8. The zero-order chi connectivity index (χ0) is 15.5. The van der Waals surface area contributed by atoms with E-state index in [9.17, 15) is 0 Å². The Labute approximate surface area is 148 Å². The topological polar surface area (TPSA) is 77.7 Å². The Kier molecular flexibility index (Phi) is 4.28. The van der Waals surface area contributed by atoms with Crippen molar-refractivity contribution in [2.45, 2.75) is 6.42 Å². The minimum Gasteiger partial charge on any atom is -0.359 e. The highest BCUT2D eigenvalue weighted by atomic mass is 32.1. The molecule has 4 rings (SSSR count). The number of anilines is 2. The minimum absolute atomic E-state index is 0.694. The second-order valence-corrected chi connectivity index (χ2v) is 7.79. The number of thiazole rings is 4. The van der Waals surface area contributed by atoms with Crippen LogP contribution in [0, 0.1) is 0 Å². The van der Waals surface area contributed by atoms with E-state index in [2.05, 4.69) is 30.6 Å². The summed E-state index contributed by atoms with van der Waals surface area (Å²) >= 11 is 6.14. The van der Waals surface area contributed by atoms with Gasteiger partial charge >= 0.3 is 0 Å². The van der Waals surface area contributed by atoms with Crippen LogP contribution in [0.4, 0.5) is 20.5 Å². The molecule has 0 saturated carbocycles. The third kappa shape index (κ3) is 3.72. The van der Waals surface area contributed by atoms with Crippen molar-refractivity contribution in [3.8, 4) is 0 Å². The van der Waals surface area contributed by atoms with Crippen LogP contribution in [0.15, 0.2) is 33.9 Å². The Morgan fingerprint density at radius 2 is 1.65 bits per heavy atom. The van der Waals surface area contributed by atoms with Crippen molar-refractivity contribution in [2.24, 2.45) is 0 Å². The third-order valence-electron chi connectivity index (χ3n) is 2.71. The molecule has 4 heterocycles. The molecule has 0 aromatic carbocycles. The molecule has 0 amide bonds. The van der Waals surface area contributed by atoms with Crippen molar-refractivity contribution in [3.63, 3.8) is 0 Å². The van der Waals surface area contributed by atoms with Crippen LogP contribution < -0.4 is 5.32 Å². The number of hydrogen-bond acceptors (Lipinski definition) is 9. The Morgan fingerprint density at radius 3 is 2.48 bits per heavy atom. The van der Waals surface area contributed by atoms with Gasteiger partial charge in [-0.15, -0.1) is 45.3 Å². The van der Waals surface area contributed by atoms with Crippen molar-refractivity contribution < 1.29 is 0 Å². The van der Waals surface area contributed by atoms with E-state index in [1.54, 1.807) is 35.1 Å². The van der Waals surface area contributed by atoms with E-state index in [1.165, 1.54) is 22.7 Å². The lowest BCUT2D eigenvalue weighted by molar-refractivity contribution is 1.06. The monoisotopic (exact) mass is 377 g/mol. The van der Waals surface area contributed by atoms with E-state index in [4.69, 9.17) is 0 Å². The highest BCUT2D eigenvalue weighted by Crippen LogP contribution is 2.34. The molecule has 0 saturated heterocycles. The molecular formula is C13H9N6S4-. The van der Waals surface area contributed by atoms with Gasteiger partial charge in [-0.3, -0.25) is 0 Å². The van der Waals surface area contributed by atoms with Gasteiger partial charge in [0.25, 0.3) is 0 Å². The van der Waals surface area contributed by atoms with Crippen LogP contribution in [0.1, 0.15) is 11.4 Å². The Bertz CT molecular complexity index is 792. The summed E-state index contributed by atoms with van der Waals surface area (Å²) in [6.45, 7) is 0. The van der Waals surface area contributed by atoms with Crippen LogP contribution in [-0.4, -0.2) is 19.9 Å². The minimum atomic E-state index is 0.694. The molecule has 10 heteroatoms. The molecule has 4 aromatic heterocycles. The predicted molar refractivity (Wildman–Crippen MR) is 97.2 cm³/mol. The molecule has 0 spiro atoms. The second-order valence-electron chi connectivity index (χ2n) is 4.33. The number of hydrogen-bond donors (Lipinski definition) is 1. The largest absolute Gasteiger partial charge is 0.359 e. The van der Waals surface area contributed by atoms with Gasteiger partial charge in [-0.1, -0.05) is 0 Å². The number of nitrogens with one attached hydrogen (secondary N) is 1. The van der Waals surface area contributed by atoms with Crippen molar-refractivity contribution in [3.05, 3.63) is 50.6 Å². The molecule has 0 aliphatic rings. The third-order valence-corrected chi connectivity index (χ3v) is 5.65. The fourth-order valence-electron chi connectivity index (χ4n) is 1.79. The smallest absolute Gasteiger partial charge is 0.189 e. The molecule has 0 atom stereocenters. The van der Waals surface area contributed by atoms with Gasteiger partial charge in [-0.25, -0.2) is 9.97 Å². The summed E-state index contributed by atoms with van der Waals surface area (Å²) < 4.78 is 0. The van der Waals surface area contributed by atoms with E-state index < -0.39 is 0 Å². The average molecular weight is 378 g/mol. The zero-order valence-electron chi connectivity index (χ0n) is 11.5. The first-order valence-electron chi connectivity index (χ1n) is 6.52. The van der Waals surface area contributed by atoms with Gasteiger partial charge in [0.15, 0.2) is 10.3 Å². The molecule has 4 aromatic rings. The summed E-state index contributed by atoms with van der Waals surface area (Å²) in [5.41, 5.74) is 1.96. The first kappa shape index (κ1) is 14.7. The molecule has 0 unspecified atom stereocenters. The van der Waals surface area contributed by atoms with Crippen molar-refractivity contribution in [2.75, 3.05) is 5.32 Å². The maximum atomic E-state index is 4.56. The van der Waals surface area contributed by atoms with Gasteiger partial charge in [0.05, 0.1) is 16.0 Å². The Morgan fingerprint density at radius 1 is 0.826 bits per heavy atom. The molecule has 6 nitrogen and oxygen atoms in total. The quantitative estimate of drug-likeness (QED) is 0.501. The first-order chi connectivity index (χ1) is 11.3. The van der Waals surface area contributed by atoms with Crippen LogP contribution in [0.3, 0.4) is 0 Å². The van der Waals surface area contributed by atoms with Gasteiger partial charge in [-0.2, -0.15) is 0 Å². The van der Waals surface area contributed by atoms with Crippen molar-refractivity contribution >= 4 is 65.9 Å². The lowest BCUT2D eigenvalue weighted by Gasteiger charge is -2.03.